The minimum absolute atomic E-state index is 0.0297. The number of ether oxygens (including phenoxy) is 1. The number of aromatic nitrogens is 2. The molecular weight excluding hydrogens is 292 g/mol. The lowest BCUT2D eigenvalue weighted by atomic mass is 10.2. The van der Waals surface area contributed by atoms with E-state index in [2.05, 4.69) is 15.5 Å². The first-order valence-corrected chi connectivity index (χ1v) is 8.81. The van der Waals surface area contributed by atoms with E-state index in [-0.39, 0.29) is 6.10 Å². The van der Waals surface area contributed by atoms with Crippen LogP contribution in [0.25, 0.3) is 0 Å². The van der Waals surface area contributed by atoms with Gasteiger partial charge in [-0.1, -0.05) is 13.8 Å². The normalized spacial score (nSPS) is 20.8. The quantitative estimate of drug-likeness (QED) is 0.803. The summed E-state index contributed by atoms with van der Waals surface area (Å²) in [6.07, 6.45) is 0.777. The number of morpholine rings is 1. The van der Waals surface area contributed by atoms with Gasteiger partial charge in [0.15, 0.2) is 0 Å². The van der Waals surface area contributed by atoms with Crippen molar-refractivity contribution in [2.24, 2.45) is 0 Å². The fourth-order valence-electron chi connectivity index (χ4n) is 2.46. The van der Waals surface area contributed by atoms with Gasteiger partial charge < -0.3 is 10.1 Å². The van der Waals surface area contributed by atoms with Crippen molar-refractivity contribution in [3.05, 3.63) is 11.4 Å². The summed E-state index contributed by atoms with van der Waals surface area (Å²) in [6.45, 7) is 8.16. The molecule has 0 spiro atoms. The Labute approximate surface area is 126 Å². The second-order valence-corrected chi connectivity index (χ2v) is 7.04. The van der Waals surface area contributed by atoms with Gasteiger partial charge in [-0.05, 0) is 19.9 Å². The highest BCUT2D eigenvalue weighted by atomic mass is 32.2. The third-order valence-electron chi connectivity index (χ3n) is 3.66. The fraction of sp³-hybridized carbons (Fsp3) is 0.769. The number of hydrogen-bond donors (Lipinski definition) is 2. The van der Waals surface area contributed by atoms with Crippen LogP contribution in [0.3, 0.4) is 0 Å². The lowest BCUT2D eigenvalue weighted by molar-refractivity contribution is -0.00280. The second kappa shape index (κ2) is 6.87. The molecule has 8 heteroatoms. The van der Waals surface area contributed by atoms with E-state index in [1.165, 1.54) is 4.31 Å². The van der Waals surface area contributed by atoms with E-state index >= 15 is 0 Å². The number of hydrogen-bond acceptors (Lipinski definition) is 5. The van der Waals surface area contributed by atoms with Crippen LogP contribution < -0.4 is 5.32 Å². The number of nitrogens with one attached hydrogen (secondary N) is 2. The first-order valence-electron chi connectivity index (χ1n) is 7.37. The summed E-state index contributed by atoms with van der Waals surface area (Å²) >= 11 is 0. The van der Waals surface area contributed by atoms with Crippen LogP contribution in [0.1, 0.15) is 31.7 Å². The summed E-state index contributed by atoms with van der Waals surface area (Å²) in [7, 11) is -3.53. The topological polar surface area (TPSA) is 87.3 Å². The van der Waals surface area contributed by atoms with Crippen molar-refractivity contribution in [2.75, 3.05) is 26.2 Å². The molecule has 2 rings (SSSR count). The predicted octanol–water partition coefficient (Wildman–Crippen LogP) is 0.627. The van der Waals surface area contributed by atoms with Gasteiger partial charge in [0.2, 0.25) is 10.0 Å². The van der Waals surface area contributed by atoms with Gasteiger partial charge in [-0.25, -0.2) is 8.42 Å². The third-order valence-corrected chi connectivity index (χ3v) is 5.73. The molecule has 21 heavy (non-hydrogen) atoms. The molecule has 1 aromatic heterocycles. The van der Waals surface area contributed by atoms with Crippen LogP contribution >= 0.6 is 0 Å². The van der Waals surface area contributed by atoms with Crippen molar-refractivity contribution in [1.29, 1.82) is 0 Å². The van der Waals surface area contributed by atoms with Crippen LogP contribution in [0.2, 0.25) is 0 Å². The summed E-state index contributed by atoms with van der Waals surface area (Å²) in [5.74, 6) is 0. The average molecular weight is 316 g/mol. The van der Waals surface area contributed by atoms with E-state index in [9.17, 15) is 8.42 Å². The Morgan fingerprint density at radius 2 is 2.24 bits per heavy atom. The zero-order valence-electron chi connectivity index (χ0n) is 12.8. The molecule has 0 saturated carbocycles. The van der Waals surface area contributed by atoms with E-state index in [1.807, 2.05) is 13.8 Å². The van der Waals surface area contributed by atoms with Gasteiger partial charge in [0.25, 0.3) is 0 Å². The van der Waals surface area contributed by atoms with Crippen LogP contribution in [0.15, 0.2) is 4.90 Å². The minimum Gasteiger partial charge on any atom is -0.375 e. The van der Waals surface area contributed by atoms with Crippen LogP contribution in [0.5, 0.6) is 0 Å². The highest BCUT2D eigenvalue weighted by Gasteiger charge is 2.34. The molecule has 1 aliphatic heterocycles. The lowest BCUT2D eigenvalue weighted by Crippen LogP contribution is -2.45. The van der Waals surface area contributed by atoms with Gasteiger partial charge in [0.1, 0.15) is 4.90 Å². The zero-order valence-corrected chi connectivity index (χ0v) is 13.7. The molecular formula is C13H24N4O3S. The zero-order chi connectivity index (χ0) is 15.5. The summed E-state index contributed by atoms with van der Waals surface area (Å²) in [4.78, 5) is 0.306. The first-order chi connectivity index (χ1) is 10.0. The van der Waals surface area contributed by atoms with Crippen LogP contribution in [0, 0.1) is 6.92 Å². The summed E-state index contributed by atoms with van der Waals surface area (Å²) in [5.41, 5.74) is 1.14. The molecule has 1 saturated heterocycles. The van der Waals surface area contributed by atoms with Crippen molar-refractivity contribution < 1.29 is 13.2 Å². The smallest absolute Gasteiger partial charge is 0.246 e. The number of aryl methyl sites for hydroxylation is 1. The van der Waals surface area contributed by atoms with Crippen molar-refractivity contribution in [3.8, 4) is 0 Å². The maximum atomic E-state index is 12.9. The highest BCUT2D eigenvalue weighted by Crippen LogP contribution is 2.24. The molecule has 1 fully saturated rings. The molecule has 2 heterocycles. The Morgan fingerprint density at radius 3 is 2.90 bits per heavy atom. The SMILES string of the molecule is CCNCc1n[nH]c(C)c1S(=O)(=O)N1CCOC(CC)C1. The monoisotopic (exact) mass is 316 g/mol. The van der Waals surface area contributed by atoms with Gasteiger partial charge in [-0.3, -0.25) is 5.10 Å². The largest absolute Gasteiger partial charge is 0.375 e. The Hall–Kier alpha value is -0.960. The van der Waals surface area contributed by atoms with E-state index in [4.69, 9.17) is 4.74 Å². The number of aromatic amines is 1. The average Bonchev–Trinajstić information content (AvgIpc) is 2.86. The maximum Gasteiger partial charge on any atom is 0.246 e. The summed E-state index contributed by atoms with van der Waals surface area (Å²) in [5, 5.41) is 10.0. The molecule has 0 aromatic carbocycles. The van der Waals surface area contributed by atoms with Crippen LogP contribution in [-0.2, 0) is 21.3 Å². The van der Waals surface area contributed by atoms with E-state index in [1.54, 1.807) is 6.92 Å². The van der Waals surface area contributed by atoms with Crippen molar-refractivity contribution in [1.82, 2.24) is 19.8 Å². The van der Waals surface area contributed by atoms with Gasteiger partial charge in [-0.2, -0.15) is 9.40 Å². The molecule has 1 atom stereocenters. The van der Waals surface area contributed by atoms with Crippen molar-refractivity contribution in [3.63, 3.8) is 0 Å². The lowest BCUT2D eigenvalue weighted by Gasteiger charge is -2.31. The molecule has 0 radical (unpaired) electrons. The fourth-order valence-corrected chi connectivity index (χ4v) is 4.25. The number of nitrogens with zero attached hydrogens (tertiary/aromatic N) is 2. The Balaban J connectivity index is 2.28. The Kier molecular flexibility index (Phi) is 5.37. The predicted molar refractivity (Wildman–Crippen MR) is 79.5 cm³/mol. The van der Waals surface area contributed by atoms with Gasteiger partial charge in [0, 0.05) is 19.6 Å². The summed E-state index contributed by atoms with van der Waals surface area (Å²) in [6, 6.07) is 0. The van der Waals surface area contributed by atoms with Crippen molar-refractivity contribution >= 4 is 10.0 Å². The molecule has 1 unspecified atom stereocenters. The molecule has 120 valence electrons. The van der Waals surface area contributed by atoms with Crippen LogP contribution in [0.4, 0.5) is 0 Å². The van der Waals surface area contributed by atoms with Gasteiger partial charge in [0.05, 0.1) is 24.1 Å². The van der Waals surface area contributed by atoms with Crippen molar-refractivity contribution in [2.45, 2.75) is 44.7 Å². The van der Waals surface area contributed by atoms with E-state index in [0.29, 0.717) is 42.5 Å². The second-order valence-electron chi connectivity index (χ2n) is 5.17. The molecule has 1 aromatic rings. The van der Waals surface area contributed by atoms with E-state index < -0.39 is 10.0 Å². The summed E-state index contributed by atoms with van der Waals surface area (Å²) < 4.78 is 32.9. The molecule has 7 nitrogen and oxygen atoms in total. The maximum absolute atomic E-state index is 12.9. The Morgan fingerprint density at radius 1 is 1.48 bits per heavy atom. The van der Waals surface area contributed by atoms with E-state index in [0.717, 1.165) is 13.0 Å². The first kappa shape index (κ1) is 16.4. The van der Waals surface area contributed by atoms with Gasteiger partial charge >= 0.3 is 0 Å². The van der Waals surface area contributed by atoms with Crippen LogP contribution in [-0.4, -0.2) is 55.3 Å². The molecule has 0 amide bonds. The Bertz CT molecular complexity index is 570. The number of H-pyrrole nitrogens is 1. The minimum atomic E-state index is -3.53. The third kappa shape index (κ3) is 3.45. The highest BCUT2D eigenvalue weighted by molar-refractivity contribution is 7.89. The standard InChI is InChI=1S/C13H24N4O3S/c1-4-11-9-17(6-7-20-11)21(18,19)13-10(3)15-16-12(13)8-14-5-2/h11,14H,4-9H2,1-3H3,(H,15,16). The molecule has 1 aliphatic rings. The molecule has 0 bridgehead atoms. The number of sulfonamides is 1. The molecule has 0 aliphatic carbocycles. The molecule has 2 N–H and O–H groups in total. The number of rotatable bonds is 6. The van der Waals surface area contributed by atoms with Gasteiger partial charge in [-0.15, -0.1) is 0 Å².